The molecule has 1 atom stereocenters. The fraction of sp³-hybridized carbons (Fsp3) is 0.0185. The van der Waals surface area contributed by atoms with Gasteiger partial charge in [0.05, 0.1) is 62.4 Å². The van der Waals surface area contributed by atoms with Crippen LogP contribution in [0.4, 0.5) is 0 Å². The smallest absolute Gasteiger partial charge is 0.0991 e. The molecular formula is C54H31N5S. The standard InChI is InChI=1S/C54H31N5S/c55-31-33-20-23-48-40(27-33)38-13-4-8-18-47(38)59(48)37-30-45-53(57-32-37)52-43(16-10-26-56-52)54(45)42-15-6-9-19-50(42)60-51-25-22-35(29-44(51)54)34-21-24-49-41(28-34)39-14-5-7-17-46(39)58(49)36-11-2-1-3-12-36/h1-30,32H. The molecule has 7 aromatic carbocycles. The molecule has 5 nitrogen and oxygen atoms in total. The largest absolute Gasteiger partial charge is 0.309 e. The molecule has 11 aromatic rings. The second-order valence-electron chi connectivity index (χ2n) is 15.7. The minimum atomic E-state index is -0.685. The molecule has 2 aliphatic rings. The molecule has 0 N–H and O–H groups in total. The van der Waals surface area contributed by atoms with Gasteiger partial charge in [-0.2, -0.15) is 5.26 Å². The number of fused-ring (bicyclic) bond motifs is 15. The van der Waals surface area contributed by atoms with Crippen molar-refractivity contribution in [1.29, 1.82) is 5.26 Å². The Kier molecular flexibility index (Phi) is 6.87. The molecule has 0 amide bonds. The number of rotatable bonds is 3. The molecule has 0 radical (unpaired) electrons. The van der Waals surface area contributed by atoms with E-state index in [1.165, 1.54) is 48.3 Å². The van der Waals surface area contributed by atoms with Crippen molar-refractivity contribution in [3.63, 3.8) is 0 Å². The predicted octanol–water partition coefficient (Wildman–Crippen LogP) is 13.0. The van der Waals surface area contributed by atoms with Gasteiger partial charge in [0.2, 0.25) is 0 Å². The summed E-state index contributed by atoms with van der Waals surface area (Å²) in [5, 5.41) is 14.4. The van der Waals surface area contributed by atoms with Crippen molar-refractivity contribution in [3.05, 3.63) is 216 Å². The van der Waals surface area contributed by atoms with Gasteiger partial charge in [0.1, 0.15) is 0 Å². The number of hydrogen-bond acceptors (Lipinski definition) is 4. The molecule has 1 unspecified atom stereocenters. The molecule has 0 saturated heterocycles. The van der Waals surface area contributed by atoms with Crippen molar-refractivity contribution in [3.8, 4) is 40.0 Å². The lowest BCUT2D eigenvalue weighted by Gasteiger charge is -2.39. The summed E-state index contributed by atoms with van der Waals surface area (Å²) < 4.78 is 4.67. The van der Waals surface area contributed by atoms with Crippen LogP contribution in [0.25, 0.3) is 77.5 Å². The highest BCUT2D eigenvalue weighted by atomic mass is 32.2. The topological polar surface area (TPSA) is 59.4 Å². The normalized spacial score (nSPS) is 15.0. The SMILES string of the molecule is N#Cc1ccc2c(c1)c1ccccc1n2-c1cnc2c(c1)C1(c3ccccc3Sc3ccc(-c4ccc5c(c4)c4ccccc4n5-c4ccccc4)cc31)c1cccnc1-2. The van der Waals surface area contributed by atoms with E-state index in [9.17, 15) is 5.26 Å². The molecule has 278 valence electrons. The van der Waals surface area contributed by atoms with Crippen LogP contribution in [0.1, 0.15) is 27.8 Å². The van der Waals surface area contributed by atoms with Gasteiger partial charge < -0.3 is 9.13 Å². The maximum absolute atomic E-state index is 9.84. The Morgan fingerprint density at radius 2 is 1.07 bits per heavy atom. The van der Waals surface area contributed by atoms with Crippen molar-refractivity contribution in [1.82, 2.24) is 19.1 Å². The zero-order valence-electron chi connectivity index (χ0n) is 32.0. The highest BCUT2D eigenvalue weighted by Crippen LogP contribution is 2.62. The summed E-state index contributed by atoms with van der Waals surface area (Å²) in [6.45, 7) is 0. The van der Waals surface area contributed by atoms with Gasteiger partial charge in [-0.3, -0.25) is 9.97 Å². The molecule has 0 fully saturated rings. The number of para-hydroxylation sites is 3. The lowest BCUT2D eigenvalue weighted by atomic mass is 9.67. The van der Waals surface area contributed by atoms with Gasteiger partial charge >= 0.3 is 0 Å². The molecule has 1 spiro atoms. The van der Waals surface area contributed by atoms with Crippen molar-refractivity contribution >= 4 is 55.4 Å². The lowest BCUT2D eigenvalue weighted by Crippen LogP contribution is -2.32. The van der Waals surface area contributed by atoms with Gasteiger partial charge in [-0.15, -0.1) is 0 Å². The first kappa shape index (κ1) is 33.3. The average molecular weight is 782 g/mol. The fourth-order valence-corrected chi connectivity index (χ4v) is 11.4. The van der Waals surface area contributed by atoms with E-state index in [1.54, 1.807) is 0 Å². The maximum Gasteiger partial charge on any atom is 0.0991 e. The van der Waals surface area contributed by atoms with Crippen molar-refractivity contribution < 1.29 is 0 Å². The molecule has 0 saturated carbocycles. The number of hydrogen-bond donors (Lipinski definition) is 0. The van der Waals surface area contributed by atoms with Crippen LogP contribution in [0.5, 0.6) is 0 Å². The number of nitriles is 1. The number of benzene rings is 7. The average Bonchev–Trinajstić information content (AvgIpc) is 3.93. The van der Waals surface area contributed by atoms with E-state index in [0.29, 0.717) is 5.56 Å². The van der Waals surface area contributed by atoms with Crippen LogP contribution in [-0.2, 0) is 5.41 Å². The third kappa shape index (κ3) is 4.42. The summed E-state index contributed by atoms with van der Waals surface area (Å²) in [5.41, 5.74) is 15.4. The molecule has 1 aliphatic carbocycles. The van der Waals surface area contributed by atoms with Gasteiger partial charge in [0.15, 0.2) is 0 Å². The van der Waals surface area contributed by atoms with Crippen molar-refractivity contribution in [2.24, 2.45) is 0 Å². The molecule has 6 heteroatoms. The molecule has 5 heterocycles. The summed E-state index contributed by atoms with van der Waals surface area (Å²) in [4.78, 5) is 12.8. The van der Waals surface area contributed by atoms with E-state index in [2.05, 4.69) is 179 Å². The van der Waals surface area contributed by atoms with Crippen LogP contribution in [0.15, 0.2) is 198 Å². The van der Waals surface area contributed by atoms with E-state index in [4.69, 9.17) is 9.97 Å². The Hall–Kier alpha value is -7.72. The maximum atomic E-state index is 9.84. The minimum Gasteiger partial charge on any atom is -0.309 e. The van der Waals surface area contributed by atoms with Gasteiger partial charge in [0, 0.05) is 48.8 Å². The van der Waals surface area contributed by atoms with Crippen molar-refractivity contribution in [2.45, 2.75) is 15.2 Å². The van der Waals surface area contributed by atoms with Crippen LogP contribution >= 0.6 is 11.8 Å². The minimum absolute atomic E-state index is 0.641. The lowest BCUT2D eigenvalue weighted by molar-refractivity contribution is 0.719. The second kappa shape index (κ2) is 12.4. The quantitative estimate of drug-likeness (QED) is 0.179. The monoisotopic (exact) mass is 781 g/mol. The Morgan fingerprint density at radius 1 is 0.450 bits per heavy atom. The number of nitrogens with zero attached hydrogens (tertiary/aromatic N) is 5. The van der Waals surface area contributed by atoms with Gasteiger partial charge in [-0.1, -0.05) is 103 Å². The molecule has 60 heavy (non-hydrogen) atoms. The van der Waals surface area contributed by atoms with Crippen LogP contribution in [0, 0.1) is 11.3 Å². The van der Waals surface area contributed by atoms with E-state index < -0.39 is 5.41 Å². The Bertz CT molecular complexity index is 3670. The van der Waals surface area contributed by atoms with Gasteiger partial charge in [-0.25, -0.2) is 0 Å². The van der Waals surface area contributed by atoms with Gasteiger partial charge in [-0.05, 0) is 113 Å². The van der Waals surface area contributed by atoms with E-state index in [0.717, 1.165) is 61.3 Å². The Morgan fingerprint density at radius 3 is 1.88 bits per heavy atom. The first-order valence-electron chi connectivity index (χ1n) is 20.1. The fourth-order valence-electron chi connectivity index (χ4n) is 10.2. The van der Waals surface area contributed by atoms with Crippen LogP contribution in [-0.4, -0.2) is 19.1 Å². The summed E-state index contributed by atoms with van der Waals surface area (Å²) in [6, 6.07) is 65.6. The molecule has 4 aromatic heterocycles. The van der Waals surface area contributed by atoms with E-state index in [-0.39, 0.29) is 0 Å². The third-order valence-corrected chi connectivity index (χ3v) is 13.8. The summed E-state index contributed by atoms with van der Waals surface area (Å²) in [5.74, 6) is 0. The zero-order valence-corrected chi connectivity index (χ0v) is 32.9. The molecule has 13 rings (SSSR count). The van der Waals surface area contributed by atoms with E-state index >= 15 is 0 Å². The summed E-state index contributed by atoms with van der Waals surface area (Å²) in [7, 11) is 0. The number of pyridine rings is 2. The van der Waals surface area contributed by atoms with Crippen LogP contribution in [0.2, 0.25) is 0 Å². The number of aromatic nitrogens is 4. The molecular weight excluding hydrogens is 751 g/mol. The first-order valence-corrected chi connectivity index (χ1v) is 20.9. The summed E-state index contributed by atoms with van der Waals surface area (Å²) in [6.07, 6.45) is 3.88. The van der Waals surface area contributed by atoms with Gasteiger partial charge in [0.25, 0.3) is 0 Å². The second-order valence-corrected chi connectivity index (χ2v) is 16.7. The first-order chi connectivity index (χ1) is 29.7. The Balaban J connectivity index is 1.07. The van der Waals surface area contributed by atoms with Crippen LogP contribution in [0.3, 0.4) is 0 Å². The zero-order chi connectivity index (χ0) is 39.5. The molecule has 1 aliphatic heterocycles. The van der Waals surface area contributed by atoms with Crippen LogP contribution < -0.4 is 0 Å². The highest BCUT2D eigenvalue weighted by molar-refractivity contribution is 7.99. The highest BCUT2D eigenvalue weighted by Gasteiger charge is 2.52. The van der Waals surface area contributed by atoms with Crippen molar-refractivity contribution in [2.75, 3.05) is 0 Å². The Labute approximate surface area is 349 Å². The predicted molar refractivity (Wildman–Crippen MR) is 242 cm³/mol. The van der Waals surface area contributed by atoms with E-state index in [1.807, 2.05) is 36.3 Å². The molecule has 0 bridgehead atoms. The summed E-state index contributed by atoms with van der Waals surface area (Å²) >= 11 is 1.84. The third-order valence-electron chi connectivity index (χ3n) is 12.7.